The number of ether oxygens (including phenoxy) is 1. The summed E-state index contributed by atoms with van der Waals surface area (Å²) in [5, 5.41) is 23.6. The summed E-state index contributed by atoms with van der Waals surface area (Å²) in [6.07, 6.45) is 0.841. The van der Waals surface area contributed by atoms with Crippen molar-refractivity contribution >= 4 is 23.0 Å². The van der Waals surface area contributed by atoms with Crippen LogP contribution < -0.4 is 5.32 Å². The summed E-state index contributed by atoms with van der Waals surface area (Å²) < 4.78 is 18.5. The van der Waals surface area contributed by atoms with Crippen LogP contribution in [0.4, 0.5) is 15.8 Å². The maximum Gasteiger partial charge on any atom is 0.294 e. The lowest BCUT2D eigenvalue weighted by atomic mass is 9.94. The molecule has 0 aromatic heterocycles. The highest BCUT2D eigenvalue weighted by Gasteiger charge is 2.30. The zero-order valence-electron chi connectivity index (χ0n) is 10.6. The van der Waals surface area contributed by atoms with Crippen LogP contribution >= 0.6 is 11.6 Å². The maximum absolute atomic E-state index is 13.4. The number of rotatable bonds is 4. The van der Waals surface area contributed by atoms with E-state index in [-0.39, 0.29) is 22.9 Å². The molecule has 0 saturated carbocycles. The molecule has 110 valence electrons. The molecule has 2 rings (SSSR count). The smallest absolute Gasteiger partial charge is 0.294 e. The van der Waals surface area contributed by atoms with Crippen molar-refractivity contribution in [3.8, 4) is 0 Å². The second-order valence-electron chi connectivity index (χ2n) is 4.73. The van der Waals surface area contributed by atoms with E-state index in [0.717, 1.165) is 12.1 Å². The lowest BCUT2D eigenvalue weighted by Crippen LogP contribution is -2.42. The predicted molar refractivity (Wildman–Crippen MR) is 71.6 cm³/mol. The summed E-state index contributed by atoms with van der Waals surface area (Å²) in [5.41, 5.74) is -1.34. The highest BCUT2D eigenvalue weighted by molar-refractivity contribution is 6.31. The van der Waals surface area contributed by atoms with E-state index in [0.29, 0.717) is 26.1 Å². The number of nitro groups is 1. The van der Waals surface area contributed by atoms with Crippen molar-refractivity contribution < 1.29 is 19.2 Å². The Hall–Kier alpha value is -1.44. The number of benzene rings is 1. The van der Waals surface area contributed by atoms with Crippen molar-refractivity contribution in [1.82, 2.24) is 0 Å². The summed E-state index contributed by atoms with van der Waals surface area (Å²) in [5.74, 6) is -0.751. The van der Waals surface area contributed by atoms with Gasteiger partial charge in [0, 0.05) is 44.7 Å². The number of hydrogen-bond donors (Lipinski definition) is 2. The molecule has 0 unspecified atom stereocenters. The van der Waals surface area contributed by atoms with Gasteiger partial charge in [0.25, 0.3) is 5.69 Å². The monoisotopic (exact) mass is 304 g/mol. The lowest BCUT2D eigenvalue weighted by Gasteiger charge is -2.32. The minimum atomic E-state index is -1.01. The van der Waals surface area contributed by atoms with E-state index in [1.165, 1.54) is 0 Å². The van der Waals surface area contributed by atoms with Crippen LogP contribution in [-0.4, -0.2) is 35.4 Å². The highest BCUT2D eigenvalue weighted by atomic mass is 35.5. The number of nitro benzene ring substituents is 1. The number of nitrogens with one attached hydrogen (secondary N) is 1. The molecule has 1 heterocycles. The largest absolute Gasteiger partial charge is 0.388 e. The topological polar surface area (TPSA) is 84.6 Å². The standard InChI is InChI=1S/C12H14ClFN2O4/c13-8-5-11(16(18)19)10(6-9(8)14)15-7-12(17)1-3-20-4-2-12/h5-6,15,17H,1-4,7H2. The van der Waals surface area contributed by atoms with Gasteiger partial charge in [0.2, 0.25) is 0 Å². The normalized spacial score (nSPS) is 17.8. The van der Waals surface area contributed by atoms with E-state index in [2.05, 4.69) is 5.32 Å². The minimum Gasteiger partial charge on any atom is -0.388 e. The number of aliphatic hydroxyl groups is 1. The second kappa shape index (κ2) is 5.90. The average molecular weight is 305 g/mol. The van der Waals surface area contributed by atoms with Crippen LogP contribution in [0.1, 0.15) is 12.8 Å². The van der Waals surface area contributed by atoms with E-state index in [1.807, 2.05) is 0 Å². The third kappa shape index (κ3) is 3.36. The second-order valence-corrected chi connectivity index (χ2v) is 5.14. The van der Waals surface area contributed by atoms with Crippen LogP contribution in [0.25, 0.3) is 0 Å². The van der Waals surface area contributed by atoms with E-state index in [4.69, 9.17) is 16.3 Å². The molecule has 0 bridgehead atoms. The maximum atomic E-state index is 13.4. The van der Waals surface area contributed by atoms with Crippen LogP contribution in [0, 0.1) is 15.9 Å². The molecule has 1 fully saturated rings. The molecule has 0 aliphatic carbocycles. The van der Waals surface area contributed by atoms with Crippen LogP contribution in [-0.2, 0) is 4.74 Å². The van der Waals surface area contributed by atoms with Crippen LogP contribution in [0.15, 0.2) is 12.1 Å². The van der Waals surface area contributed by atoms with Gasteiger partial charge in [-0.3, -0.25) is 10.1 Å². The Morgan fingerprint density at radius 2 is 2.15 bits per heavy atom. The van der Waals surface area contributed by atoms with Crippen molar-refractivity contribution in [3.05, 3.63) is 33.1 Å². The van der Waals surface area contributed by atoms with Crippen LogP contribution in [0.3, 0.4) is 0 Å². The SMILES string of the molecule is O=[N+]([O-])c1cc(Cl)c(F)cc1NCC1(O)CCOCC1. The first kappa shape index (κ1) is 15.0. The van der Waals surface area contributed by atoms with Crippen LogP contribution in [0.5, 0.6) is 0 Å². The molecule has 8 heteroatoms. The average Bonchev–Trinajstić information content (AvgIpc) is 2.40. The molecule has 1 aromatic carbocycles. The summed E-state index contributed by atoms with van der Waals surface area (Å²) in [6.45, 7) is 0.933. The lowest BCUT2D eigenvalue weighted by molar-refractivity contribution is -0.384. The molecule has 0 spiro atoms. The first-order valence-corrected chi connectivity index (χ1v) is 6.46. The fourth-order valence-corrected chi connectivity index (χ4v) is 2.17. The Labute approximate surface area is 119 Å². The van der Waals surface area contributed by atoms with Crippen LogP contribution in [0.2, 0.25) is 5.02 Å². The molecular weight excluding hydrogens is 291 g/mol. The molecule has 1 aromatic rings. The number of nitrogens with zero attached hydrogens (tertiary/aromatic N) is 1. The molecule has 1 aliphatic rings. The third-order valence-corrected chi connectivity index (χ3v) is 3.56. The molecule has 6 nitrogen and oxygen atoms in total. The first-order chi connectivity index (χ1) is 9.41. The fraction of sp³-hybridized carbons (Fsp3) is 0.500. The Morgan fingerprint density at radius 3 is 2.75 bits per heavy atom. The van der Waals surface area contributed by atoms with Crippen molar-refractivity contribution in [2.24, 2.45) is 0 Å². The van der Waals surface area contributed by atoms with Crippen molar-refractivity contribution in [1.29, 1.82) is 0 Å². The van der Waals surface area contributed by atoms with Gasteiger partial charge in [-0.05, 0) is 0 Å². The highest BCUT2D eigenvalue weighted by Crippen LogP contribution is 2.31. The summed E-state index contributed by atoms with van der Waals surface area (Å²) in [4.78, 5) is 10.3. The fourth-order valence-electron chi connectivity index (χ4n) is 2.02. The predicted octanol–water partition coefficient (Wildman–Crippen LogP) is 2.34. The number of hydrogen-bond acceptors (Lipinski definition) is 5. The number of anilines is 1. The van der Waals surface area contributed by atoms with E-state index >= 15 is 0 Å². The molecular formula is C12H14ClFN2O4. The van der Waals surface area contributed by atoms with Crippen molar-refractivity contribution in [3.63, 3.8) is 0 Å². The Balaban J connectivity index is 2.16. The molecule has 2 N–H and O–H groups in total. The van der Waals surface area contributed by atoms with Gasteiger partial charge in [0.15, 0.2) is 0 Å². The van der Waals surface area contributed by atoms with Gasteiger partial charge in [-0.1, -0.05) is 11.6 Å². The minimum absolute atomic E-state index is 0.00295. The zero-order valence-corrected chi connectivity index (χ0v) is 11.3. The van der Waals surface area contributed by atoms with E-state index in [1.54, 1.807) is 0 Å². The molecule has 0 atom stereocenters. The molecule has 1 aliphatic heterocycles. The molecule has 0 radical (unpaired) electrons. The number of halogens is 2. The van der Waals surface area contributed by atoms with Gasteiger partial charge >= 0.3 is 0 Å². The summed E-state index contributed by atoms with van der Waals surface area (Å²) in [7, 11) is 0. The van der Waals surface area contributed by atoms with Gasteiger partial charge in [-0.15, -0.1) is 0 Å². The Morgan fingerprint density at radius 1 is 1.50 bits per heavy atom. The van der Waals surface area contributed by atoms with Gasteiger partial charge < -0.3 is 15.2 Å². The van der Waals surface area contributed by atoms with Crippen molar-refractivity contribution in [2.45, 2.75) is 18.4 Å². The molecule has 20 heavy (non-hydrogen) atoms. The summed E-state index contributed by atoms with van der Waals surface area (Å²) >= 11 is 5.53. The first-order valence-electron chi connectivity index (χ1n) is 6.09. The summed E-state index contributed by atoms with van der Waals surface area (Å²) in [6, 6.07) is 1.91. The van der Waals surface area contributed by atoms with Gasteiger partial charge in [0.1, 0.15) is 11.5 Å². The van der Waals surface area contributed by atoms with E-state index in [9.17, 15) is 19.6 Å². The van der Waals surface area contributed by atoms with E-state index < -0.39 is 16.3 Å². The van der Waals surface area contributed by atoms with Crippen molar-refractivity contribution in [2.75, 3.05) is 25.1 Å². The molecule has 0 amide bonds. The quantitative estimate of drug-likeness (QED) is 0.659. The Bertz CT molecular complexity index is 520. The van der Waals surface area contributed by atoms with Gasteiger partial charge in [-0.25, -0.2) is 4.39 Å². The molecule has 1 saturated heterocycles. The van der Waals surface area contributed by atoms with Gasteiger partial charge in [0.05, 0.1) is 15.5 Å². The third-order valence-electron chi connectivity index (χ3n) is 3.27. The Kier molecular flexibility index (Phi) is 4.42. The van der Waals surface area contributed by atoms with Gasteiger partial charge in [-0.2, -0.15) is 0 Å². The zero-order chi connectivity index (χ0) is 14.8.